The van der Waals surface area contributed by atoms with E-state index < -0.39 is 0 Å². The third kappa shape index (κ3) is 2.64. The van der Waals surface area contributed by atoms with E-state index in [9.17, 15) is 4.39 Å². The van der Waals surface area contributed by atoms with E-state index in [4.69, 9.17) is 10.1 Å². The van der Waals surface area contributed by atoms with Crippen molar-refractivity contribution in [2.75, 3.05) is 18.5 Å². The maximum absolute atomic E-state index is 13.8. The molecule has 1 unspecified atom stereocenters. The molecule has 1 fully saturated rings. The molecule has 0 saturated carbocycles. The number of hydrogen-bond acceptors (Lipinski definition) is 3. The molecule has 4 heteroatoms. The molecule has 0 radical (unpaired) electrons. The highest BCUT2D eigenvalue weighted by atomic mass is 19.1. The van der Waals surface area contributed by atoms with Gasteiger partial charge >= 0.3 is 0 Å². The van der Waals surface area contributed by atoms with Gasteiger partial charge in [0.15, 0.2) is 0 Å². The number of benzene rings is 1. The molecule has 92 valence electrons. The summed E-state index contributed by atoms with van der Waals surface area (Å²) in [5.41, 5.74) is 2.16. The normalized spacial score (nSPS) is 19.4. The molecule has 1 saturated heterocycles. The van der Waals surface area contributed by atoms with Crippen molar-refractivity contribution in [2.24, 2.45) is 0 Å². The summed E-state index contributed by atoms with van der Waals surface area (Å²) in [5, 5.41) is 10.9. The van der Waals surface area contributed by atoms with Gasteiger partial charge in [-0.15, -0.1) is 0 Å². The van der Waals surface area contributed by atoms with E-state index >= 15 is 0 Å². The van der Waals surface area contributed by atoms with Crippen LogP contribution in [0.15, 0.2) is 12.1 Å². The lowest BCUT2D eigenvalue weighted by Gasteiger charge is -2.17. The molecule has 17 heavy (non-hydrogen) atoms. The van der Waals surface area contributed by atoms with E-state index in [1.807, 2.05) is 13.0 Å². The summed E-state index contributed by atoms with van der Waals surface area (Å²) in [5.74, 6) is -0.334. The van der Waals surface area contributed by atoms with Crippen LogP contribution in [0.4, 0.5) is 10.1 Å². The Morgan fingerprint density at radius 3 is 2.88 bits per heavy atom. The zero-order chi connectivity index (χ0) is 12.4. The first-order valence-electron chi connectivity index (χ1n) is 5.78. The molecule has 0 amide bonds. The Kier molecular flexibility index (Phi) is 3.43. The average Bonchev–Trinajstić information content (AvgIpc) is 2.68. The van der Waals surface area contributed by atoms with Crippen molar-refractivity contribution in [3.63, 3.8) is 0 Å². The van der Waals surface area contributed by atoms with Crippen molar-refractivity contribution in [2.45, 2.75) is 26.3 Å². The fourth-order valence-electron chi connectivity index (χ4n) is 2.11. The van der Waals surface area contributed by atoms with Crippen molar-refractivity contribution in [3.8, 4) is 0 Å². The van der Waals surface area contributed by atoms with Gasteiger partial charge in [0.25, 0.3) is 0 Å². The van der Waals surface area contributed by atoms with Gasteiger partial charge in [0.05, 0.1) is 18.2 Å². The van der Waals surface area contributed by atoms with Crippen LogP contribution in [0.3, 0.4) is 0 Å². The van der Waals surface area contributed by atoms with Gasteiger partial charge in [-0.2, -0.15) is 0 Å². The van der Waals surface area contributed by atoms with E-state index in [1.165, 1.54) is 6.07 Å². The number of ether oxygens (including phenoxy) is 1. The SMILES string of the molecule is CC(=N)c1c(F)cc(C)cc1NC1CCOC1. The van der Waals surface area contributed by atoms with Gasteiger partial charge in [-0.25, -0.2) is 4.39 Å². The first-order valence-corrected chi connectivity index (χ1v) is 5.78. The largest absolute Gasteiger partial charge is 0.379 e. The number of nitrogens with one attached hydrogen (secondary N) is 2. The summed E-state index contributed by atoms with van der Waals surface area (Å²) in [6, 6.07) is 3.56. The highest BCUT2D eigenvalue weighted by molar-refractivity contribution is 6.01. The minimum absolute atomic E-state index is 0.217. The molecule has 0 aromatic heterocycles. The van der Waals surface area contributed by atoms with Gasteiger partial charge in [-0.05, 0) is 38.0 Å². The van der Waals surface area contributed by atoms with Crippen LogP contribution < -0.4 is 5.32 Å². The molecule has 1 atom stereocenters. The number of halogens is 1. The zero-order valence-electron chi connectivity index (χ0n) is 10.1. The van der Waals surface area contributed by atoms with Gasteiger partial charge in [-0.3, -0.25) is 0 Å². The number of hydrogen-bond donors (Lipinski definition) is 2. The number of aryl methyl sites for hydroxylation is 1. The van der Waals surface area contributed by atoms with Crippen LogP contribution in [0.2, 0.25) is 0 Å². The first-order chi connectivity index (χ1) is 8.08. The van der Waals surface area contributed by atoms with Crippen LogP contribution in [0, 0.1) is 18.2 Å². The highest BCUT2D eigenvalue weighted by Gasteiger charge is 2.19. The molecule has 0 spiro atoms. The van der Waals surface area contributed by atoms with E-state index in [-0.39, 0.29) is 17.6 Å². The number of rotatable bonds is 3. The van der Waals surface area contributed by atoms with Crippen LogP contribution in [-0.4, -0.2) is 25.0 Å². The second-order valence-electron chi connectivity index (χ2n) is 4.50. The Morgan fingerprint density at radius 1 is 1.53 bits per heavy atom. The molecule has 1 aliphatic heterocycles. The van der Waals surface area contributed by atoms with Crippen LogP contribution in [0.1, 0.15) is 24.5 Å². The summed E-state index contributed by atoms with van der Waals surface area (Å²) in [6.07, 6.45) is 0.923. The third-order valence-electron chi connectivity index (χ3n) is 2.90. The van der Waals surface area contributed by atoms with Crippen LogP contribution in [0.25, 0.3) is 0 Å². The Bertz CT molecular complexity index is 439. The standard InChI is InChI=1S/C13H17FN2O/c1-8-5-11(14)13(9(2)15)12(6-8)16-10-3-4-17-7-10/h5-6,10,15-16H,3-4,7H2,1-2H3. The minimum atomic E-state index is -0.334. The quantitative estimate of drug-likeness (QED) is 0.792. The lowest BCUT2D eigenvalue weighted by molar-refractivity contribution is 0.195. The molecular weight excluding hydrogens is 219 g/mol. The second-order valence-corrected chi connectivity index (χ2v) is 4.50. The van der Waals surface area contributed by atoms with E-state index in [0.29, 0.717) is 17.9 Å². The molecule has 2 rings (SSSR count). The number of anilines is 1. The Hall–Kier alpha value is -1.42. The average molecular weight is 236 g/mol. The molecule has 1 heterocycles. The second kappa shape index (κ2) is 4.84. The van der Waals surface area contributed by atoms with Crippen molar-refractivity contribution in [1.82, 2.24) is 0 Å². The fourth-order valence-corrected chi connectivity index (χ4v) is 2.11. The molecule has 1 aromatic carbocycles. The Labute approximate surface area is 100 Å². The maximum atomic E-state index is 13.8. The van der Waals surface area contributed by atoms with Crippen molar-refractivity contribution < 1.29 is 9.13 Å². The smallest absolute Gasteiger partial charge is 0.134 e. The molecule has 2 N–H and O–H groups in total. The molecule has 0 bridgehead atoms. The van der Waals surface area contributed by atoms with Gasteiger partial charge in [-0.1, -0.05) is 0 Å². The summed E-state index contributed by atoms with van der Waals surface area (Å²) < 4.78 is 19.1. The molecular formula is C13H17FN2O. The summed E-state index contributed by atoms with van der Waals surface area (Å²) >= 11 is 0. The summed E-state index contributed by atoms with van der Waals surface area (Å²) in [4.78, 5) is 0. The maximum Gasteiger partial charge on any atom is 0.134 e. The van der Waals surface area contributed by atoms with Crippen molar-refractivity contribution >= 4 is 11.4 Å². The summed E-state index contributed by atoms with van der Waals surface area (Å²) in [7, 11) is 0. The molecule has 0 aliphatic carbocycles. The monoisotopic (exact) mass is 236 g/mol. The van der Waals surface area contributed by atoms with Crippen molar-refractivity contribution in [1.29, 1.82) is 5.41 Å². The fraction of sp³-hybridized carbons (Fsp3) is 0.462. The third-order valence-corrected chi connectivity index (χ3v) is 2.90. The topological polar surface area (TPSA) is 45.1 Å². The minimum Gasteiger partial charge on any atom is -0.379 e. The lowest BCUT2D eigenvalue weighted by atomic mass is 10.0. The summed E-state index contributed by atoms with van der Waals surface area (Å²) in [6.45, 7) is 4.84. The van der Waals surface area contributed by atoms with Gasteiger partial charge in [0.1, 0.15) is 5.82 Å². The van der Waals surface area contributed by atoms with E-state index in [1.54, 1.807) is 6.92 Å². The van der Waals surface area contributed by atoms with Gasteiger partial charge in [0.2, 0.25) is 0 Å². The zero-order valence-corrected chi connectivity index (χ0v) is 10.1. The van der Waals surface area contributed by atoms with Gasteiger partial charge in [0, 0.05) is 18.0 Å². The Morgan fingerprint density at radius 2 is 2.29 bits per heavy atom. The highest BCUT2D eigenvalue weighted by Crippen LogP contribution is 2.24. The van der Waals surface area contributed by atoms with Crippen LogP contribution in [-0.2, 0) is 4.74 Å². The molecule has 3 nitrogen and oxygen atoms in total. The van der Waals surface area contributed by atoms with E-state index in [2.05, 4.69) is 5.32 Å². The molecule has 1 aromatic rings. The van der Waals surface area contributed by atoms with Crippen LogP contribution >= 0.6 is 0 Å². The van der Waals surface area contributed by atoms with Crippen molar-refractivity contribution in [3.05, 3.63) is 29.1 Å². The Balaban J connectivity index is 2.32. The van der Waals surface area contributed by atoms with Gasteiger partial charge < -0.3 is 15.5 Å². The first kappa shape index (κ1) is 12.0. The predicted molar refractivity (Wildman–Crippen MR) is 66.5 cm³/mol. The molecule has 1 aliphatic rings. The van der Waals surface area contributed by atoms with Crippen LogP contribution in [0.5, 0.6) is 0 Å². The lowest BCUT2D eigenvalue weighted by Crippen LogP contribution is -2.21. The van der Waals surface area contributed by atoms with E-state index in [0.717, 1.165) is 18.6 Å². The predicted octanol–water partition coefficient (Wildman–Crippen LogP) is 2.72.